The summed E-state index contributed by atoms with van der Waals surface area (Å²) in [5.41, 5.74) is 1.27. The number of aryl methyl sites for hydroxylation is 1. The molecule has 66 valence electrons. The number of aromatic nitrogens is 1. The summed E-state index contributed by atoms with van der Waals surface area (Å²) in [6, 6.07) is 3.62. The van der Waals surface area contributed by atoms with Crippen LogP contribution >= 0.6 is 0 Å². The second kappa shape index (κ2) is 4.27. The van der Waals surface area contributed by atoms with Crippen LogP contribution < -0.4 is 5.32 Å². The maximum Gasteiger partial charge on any atom is 0.270 e. The van der Waals surface area contributed by atoms with E-state index < -0.39 is 0 Å². The fraction of sp³-hybridized carbons (Fsp3) is 0.200. The molecule has 0 saturated heterocycles. The van der Waals surface area contributed by atoms with E-state index in [1.165, 1.54) is 0 Å². The third-order valence-corrected chi connectivity index (χ3v) is 1.58. The summed E-state index contributed by atoms with van der Waals surface area (Å²) in [5.74, 6) is 2.10. The minimum Gasteiger partial charge on any atom is -0.340 e. The van der Waals surface area contributed by atoms with Gasteiger partial charge >= 0.3 is 0 Å². The number of carbonyl (C=O) groups is 1. The average Bonchev–Trinajstić information content (AvgIpc) is 2.15. The van der Waals surface area contributed by atoms with Crippen LogP contribution in [-0.2, 0) is 0 Å². The van der Waals surface area contributed by atoms with E-state index in [1.807, 2.05) is 13.0 Å². The van der Waals surface area contributed by atoms with Crippen LogP contribution in [0.1, 0.15) is 16.1 Å². The summed E-state index contributed by atoms with van der Waals surface area (Å²) in [4.78, 5) is 15.3. The van der Waals surface area contributed by atoms with Crippen molar-refractivity contribution in [3.63, 3.8) is 0 Å². The third kappa shape index (κ3) is 2.31. The first-order chi connectivity index (χ1) is 6.25. The number of hydrogen-bond donors (Lipinski definition) is 1. The Balaban J connectivity index is 2.78. The highest BCUT2D eigenvalue weighted by atomic mass is 16.1. The minimum absolute atomic E-state index is 0.226. The molecule has 0 unspecified atom stereocenters. The first-order valence-electron chi connectivity index (χ1n) is 3.89. The number of terminal acetylenes is 1. The Morgan fingerprint density at radius 1 is 1.77 bits per heavy atom. The Labute approximate surface area is 77.2 Å². The van der Waals surface area contributed by atoms with Gasteiger partial charge in [0, 0.05) is 6.20 Å². The van der Waals surface area contributed by atoms with Gasteiger partial charge in [-0.25, -0.2) is 0 Å². The summed E-state index contributed by atoms with van der Waals surface area (Å²) >= 11 is 0. The van der Waals surface area contributed by atoms with Crippen LogP contribution in [-0.4, -0.2) is 17.4 Å². The molecule has 0 bridgehead atoms. The SMILES string of the molecule is C#CCNC(=O)c1ncccc1C. The molecular weight excluding hydrogens is 164 g/mol. The highest BCUT2D eigenvalue weighted by molar-refractivity contribution is 5.93. The minimum atomic E-state index is -0.226. The van der Waals surface area contributed by atoms with Crippen molar-refractivity contribution in [2.75, 3.05) is 6.54 Å². The van der Waals surface area contributed by atoms with Crippen molar-refractivity contribution >= 4 is 5.91 Å². The first kappa shape index (κ1) is 9.27. The number of pyridine rings is 1. The van der Waals surface area contributed by atoms with Crippen LogP contribution in [0.15, 0.2) is 18.3 Å². The van der Waals surface area contributed by atoms with Crippen LogP contribution in [0.25, 0.3) is 0 Å². The lowest BCUT2D eigenvalue weighted by atomic mass is 10.2. The highest BCUT2D eigenvalue weighted by Gasteiger charge is 2.07. The van der Waals surface area contributed by atoms with Gasteiger partial charge in [0.15, 0.2) is 0 Å². The molecule has 0 aliphatic carbocycles. The van der Waals surface area contributed by atoms with Gasteiger partial charge in [0.1, 0.15) is 5.69 Å². The fourth-order valence-electron chi connectivity index (χ4n) is 0.938. The second-order valence-electron chi connectivity index (χ2n) is 2.56. The molecule has 1 heterocycles. The van der Waals surface area contributed by atoms with E-state index >= 15 is 0 Å². The molecular formula is C10H10N2O. The molecule has 0 radical (unpaired) electrons. The van der Waals surface area contributed by atoms with E-state index in [2.05, 4.69) is 16.2 Å². The lowest BCUT2D eigenvalue weighted by Crippen LogP contribution is -2.25. The second-order valence-corrected chi connectivity index (χ2v) is 2.56. The van der Waals surface area contributed by atoms with Gasteiger partial charge in [0.25, 0.3) is 5.91 Å². The van der Waals surface area contributed by atoms with E-state index in [-0.39, 0.29) is 12.5 Å². The monoisotopic (exact) mass is 174 g/mol. The van der Waals surface area contributed by atoms with E-state index in [0.29, 0.717) is 5.69 Å². The molecule has 1 N–H and O–H groups in total. The van der Waals surface area contributed by atoms with E-state index in [4.69, 9.17) is 6.42 Å². The lowest BCUT2D eigenvalue weighted by molar-refractivity contribution is 0.0953. The van der Waals surface area contributed by atoms with Gasteiger partial charge in [-0.2, -0.15) is 0 Å². The standard InChI is InChI=1S/C10H10N2O/c1-3-6-12-10(13)9-8(2)5-4-7-11-9/h1,4-5,7H,6H2,2H3,(H,12,13). The van der Waals surface area contributed by atoms with Crippen molar-refractivity contribution in [2.24, 2.45) is 0 Å². The molecule has 3 nitrogen and oxygen atoms in total. The predicted molar refractivity (Wildman–Crippen MR) is 50.1 cm³/mol. The molecule has 13 heavy (non-hydrogen) atoms. The Morgan fingerprint density at radius 2 is 2.54 bits per heavy atom. The van der Waals surface area contributed by atoms with Crippen LogP contribution in [0.5, 0.6) is 0 Å². The number of hydrogen-bond acceptors (Lipinski definition) is 2. The van der Waals surface area contributed by atoms with Gasteiger partial charge < -0.3 is 5.32 Å². The highest BCUT2D eigenvalue weighted by Crippen LogP contribution is 2.01. The van der Waals surface area contributed by atoms with Gasteiger partial charge in [0.2, 0.25) is 0 Å². The van der Waals surface area contributed by atoms with E-state index in [1.54, 1.807) is 12.3 Å². The molecule has 0 fully saturated rings. The zero-order chi connectivity index (χ0) is 9.68. The molecule has 3 heteroatoms. The number of nitrogens with one attached hydrogen (secondary N) is 1. The topological polar surface area (TPSA) is 42.0 Å². The summed E-state index contributed by atoms with van der Waals surface area (Å²) < 4.78 is 0. The molecule has 0 aliphatic rings. The molecule has 0 saturated carbocycles. The Hall–Kier alpha value is -1.82. The Bertz CT molecular complexity index is 352. The van der Waals surface area contributed by atoms with E-state index in [0.717, 1.165) is 5.56 Å². The summed E-state index contributed by atoms with van der Waals surface area (Å²) in [6.07, 6.45) is 6.59. The fourth-order valence-corrected chi connectivity index (χ4v) is 0.938. The Kier molecular flexibility index (Phi) is 3.04. The van der Waals surface area contributed by atoms with Gasteiger partial charge in [-0.15, -0.1) is 6.42 Å². The third-order valence-electron chi connectivity index (χ3n) is 1.58. The molecule has 0 aliphatic heterocycles. The maximum absolute atomic E-state index is 11.4. The van der Waals surface area contributed by atoms with Crippen molar-refractivity contribution in [1.82, 2.24) is 10.3 Å². The first-order valence-corrected chi connectivity index (χ1v) is 3.89. The number of amides is 1. The average molecular weight is 174 g/mol. The van der Waals surface area contributed by atoms with Crippen molar-refractivity contribution in [3.05, 3.63) is 29.6 Å². The molecule has 0 atom stereocenters. The smallest absolute Gasteiger partial charge is 0.270 e. The molecule has 1 aromatic heterocycles. The maximum atomic E-state index is 11.4. The number of nitrogens with zero attached hydrogens (tertiary/aromatic N) is 1. The van der Waals surface area contributed by atoms with Gasteiger partial charge in [-0.1, -0.05) is 12.0 Å². The Morgan fingerprint density at radius 3 is 3.15 bits per heavy atom. The van der Waals surface area contributed by atoms with Crippen LogP contribution in [0.3, 0.4) is 0 Å². The van der Waals surface area contributed by atoms with Crippen molar-refractivity contribution < 1.29 is 4.79 Å². The van der Waals surface area contributed by atoms with E-state index in [9.17, 15) is 4.79 Å². The molecule has 1 aromatic rings. The number of carbonyl (C=O) groups excluding carboxylic acids is 1. The lowest BCUT2D eigenvalue weighted by Gasteiger charge is -2.02. The molecule has 0 spiro atoms. The predicted octanol–water partition coefficient (Wildman–Crippen LogP) is 0.753. The quantitative estimate of drug-likeness (QED) is 0.672. The zero-order valence-electron chi connectivity index (χ0n) is 7.37. The zero-order valence-corrected chi connectivity index (χ0v) is 7.37. The summed E-state index contributed by atoms with van der Waals surface area (Å²) in [6.45, 7) is 2.06. The molecule has 1 amide bonds. The van der Waals surface area contributed by atoms with Crippen LogP contribution in [0.2, 0.25) is 0 Å². The van der Waals surface area contributed by atoms with Gasteiger partial charge in [-0.05, 0) is 18.6 Å². The summed E-state index contributed by atoms with van der Waals surface area (Å²) in [7, 11) is 0. The molecule has 0 aromatic carbocycles. The summed E-state index contributed by atoms with van der Waals surface area (Å²) in [5, 5.41) is 2.55. The molecule has 1 rings (SSSR count). The van der Waals surface area contributed by atoms with Crippen molar-refractivity contribution in [2.45, 2.75) is 6.92 Å². The van der Waals surface area contributed by atoms with Crippen molar-refractivity contribution in [3.8, 4) is 12.3 Å². The normalized spacial score (nSPS) is 8.92. The van der Waals surface area contributed by atoms with Crippen molar-refractivity contribution in [1.29, 1.82) is 0 Å². The van der Waals surface area contributed by atoms with Crippen LogP contribution in [0.4, 0.5) is 0 Å². The number of rotatable bonds is 2. The van der Waals surface area contributed by atoms with Crippen LogP contribution in [0, 0.1) is 19.3 Å². The largest absolute Gasteiger partial charge is 0.340 e. The van der Waals surface area contributed by atoms with Gasteiger partial charge in [-0.3, -0.25) is 9.78 Å². The van der Waals surface area contributed by atoms with Gasteiger partial charge in [0.05, 0.1) is 6.54 Å².